The van der Waals surface area contributed by atoms with Crippen molar-refractivity contribution in [2.45, 2.75) is 65.3 Å². The third-order valence-electron chi connectivity index (χ3n) is 6.53. The highest BCUT2D eigenvalue weighted by Crippen LogP contribution is 2.40. The minimum atomic E-state index is -2.06. The van der Waals surface area contributed by atoms with Gasteiger partial charge in [-0.05, 0) is 55.8 Å². The molecule has 1 unspecified atom stereocenters. The molecule has 0 spiro atoms. The molecular weight excluding hydrogens is 492 g/mol. The Kier molecular flexibility index (Phi) is 8.34. The molecule has 1 atom stereocenters. The Balaban J connectivity index is 1.78. The molecule has 37 heavy (non-hydrogen) atoms. The predicted molar refractivity (Wildman–Crippen MR) is 142 cm³/mol. The first kappa shape index (κ1) is 28.2. The van der Waals surface area contributed by atoms with E-state index >= 15 is 0 Å². The molecule has 10 heteroatoms. The van der Waals surface area contributed by atoms with Crippen molar-refractivity contribution in [1.82, 2.24) is 9.97 Å². The SMILES string of the molecule is COC(=O)c1nc(CC(O)c2nc(/C=C/c3ccc(OC)c(O[Si](C)(C)C(C)(C)C)c3)oc2C)oc1C. The van der Waals surface area contributed by atoms with Gasteiger partial charge in [-0.25, -0.2) is 14.8 Å². The molecule has 3 aromatic rings. The summed E-state index contributed by atoms with van der Waals surface area (Å²) >= 11 is 0. The summed E-state index contributed by atoms with van der Waals surface area (Å²) in [6.45, 7) is 14.3. The standard InChI is InChI=1S/C27H36N2O7Si/c1-16-24(19(30)15-23-29-25(17(2)35-23)26(31)33-7)28-22(34-16)13-11-18-10-12-20(32-6)21(14-18)36-37(8,9)27(3,4)5/h10-14,19,30H,15H2,1-9H3/b13-11+. The van der Waals surface area contributed by atoms with Gasteiger partial charge in [0.1, 0.15) is 29.1 Å². The number of rotatable bonds is 9. The molecule has 1 aromatic carbocycles. The van der Waals surface area contributed by atoms with Crippen LogP contribution in [0.4, 0.5) is 0 Å². The molecule has 0 saturated heterocycles. The number of carbonyl (C=O) groups excluding carboxylic acids is 1. The summed E-state index contributed by atoms with van der Waals surface area (Å²) in [6, 6.07) is 5.73. The Morgan fingerprint density at radius 1 is 1.08 bits per heavy atom. The number of esters is 1. The van der Waals surface area contributed by atoms with Gasteiger partial charge in [0.05, 0.1) is 20.6 Å². The highest BCUT2D eigenvalue weighted by atomic mass is 28.4. The fourth-order valence-corrected chi connectivity index (χ4v) is 4.38. The lowest BCUT2D eigenvalue weighted by molar-refractivity contribution is 0.0592. The monoisotopic (exact) mass is 528 g/mol. The first-order valence-electron chi connectivity index (χ1n) is 12.0. The third-order valence-corrected chi connectivity index (χ3v) is 10.9. The largest absolute Gasteiger partial charge is 0.541 e. The summed E-state index contributed by atoms with van der Waals surface area (Å²) in [5.41, 5.74) is 1.34. The van der Waals surface area contributed by atoms with Gasteiger partial charge in [-0.15, -0.1) is 0 Å². The Bertz CT molecular complexity index is 1280. The van der Waals surface area contributed by atoms with Crippen molar-refractivity contribution in [3.63, 3.8) is 0 Å². The van der Waals surface area contributed by atoms with Crippen LogP contribution in [0.2, 0.25) is 18.1 Å². The maximum Gasteiger partial charge on any atom is 0.360 e. The van der Waals surface area contributed by atoms with Crippen molar-refractivity contribution in [2.75, 3.05) is 14.2 Å². The van der Waals surface area contributed by atoms with Crippen molar-refractivity contribution in [1.29, 1.82) is 0 Å². The molecule has 0 saturated carbocycles. The number of hydrogen-bond acceptors (Lipinski definition) is 9. The van der Waals surface area contributed by atoms with Gasteiger partial charge in [0.15, 0.2) is 17.3 Å². The molecule has 1 N–H and O–H groups in total. The number of ether oxygens (including phenoxy) is 2. The maximum absolute atomic E-state index is 11.8. The van der Waals surface area contributed by atoms with Crippen molar-refractivity contribution >= 4 is 26.4 Å². The Morgan fingerprint density at radius 3 is 2.41 bits per heavy atom. The molecule has 0 radical (unpaired) electrons. The highest BCUT2D eigenvalue weighted by molar-refractivity contribution is 6.74. The first-order chi connectivity index (χ1) is 17.3. The van der Waals surface area contributed by atoms with E-state index in [4.69, 9.17) is 22.7 Å². The van der Waals surface area contributed by atoms with Crippen LogP contribution < -0.4 is 9.16 Å². The van der Waals surface area contributed by atoms with Crippen LogP contribution in [-0.4, -0.2) is 43.6 Å². The second kappa shape index (κ2) is 10.9. The maximum atomic E-state index is 11.8. The number of hydrogen-bond donors (Lipinski definition) is 1. The minimum absolute atomic E-state index is 0.0288. The molecule has 0 fully saturated rings. The van der Waals surface area contributed by atoms with Gasteiger partial charge in [-0.3, -0.25) is 0 Å². The van der Waals surface area contributed by atoms with Crippen LogP contribution in [0.1, 0.15) is 71.9 Å². The number of benzene rings is 1. The lowest BCUT2D eigenvalue weighted by atomic mass is 10.1. The number of aliphatic hydroxyl groups excluding tert-OH is 1. The Hall–Kier alpha value is -3.37. The summed E-state index contributed by atoms with van der Waals surface area (Å²) in [6.07, 6.45) is 2.59. The summed E-state index contributed by atoms with van der Waals surface area (Å²) in [4.78, 5) is 20.3. The Morgan fingerprint density at radius 2 is 1.78 bits per heavy atom. The summed E-state index contributed by atoms with van der Waals surface area (Å²) in [5, 5.41) is 10.8. The van der Waals surface area contributed by atoms with E-state index in [0.717, 1.165) is 5.56 Å². The molecule has 3 rings (SSSR count). The number of oxazole rings is 2. The van der Waals surface area contributed by atoms with Crippen LogP contribution in [0.3, 0.4) is 0 Å². The van der Waals surface area contributed by atoms with Crippen LogP contribution in [0, 0.1) is 13.8 Å². The van der Waals surface area contributed by atoms with Crippen LogP contribution in [-0.2, 0) is 11.2 Å². The predicted octanol–water partition coefficient (Wildman–Crippen LogP) is 5.91. The molecule has 0 aliphatic heterocycles. The first-order valence-corrected chi connectivity index (χ1v) is 14.9. The minimum Gasteiger partial charge on any atom is -0.541 e. The number of carbonyl (C=O) groups is 1. The average molecular weight is 529 g/mol. The molecule has 2 aromatic heterocycles. The van der Waals surface area contributed by atoms with Gasteiger partial charge < -0.3 is 27.8 Å². The fourth-order valence-electron chi connectivity index (χ4n) is 3.37. The average Bonchev–Trinajstić information content (AvgIpc) is 3.37. The lowest BCUT2D eigenvalue weighted by Crippen LogP contribution is -2.43. The Labute approximate surface area is 218 Å². The van der Waals surface area contributed by atoms with Crippen LogP contribution >= 0.6 is 0 Å². The molecule has 0 aliphatic carbocycles. The topological polar surface area (TPSA) is 117 Å². The molecule has 0 bridgehead atoms. The van der Waals surface area contributed by atoms with Crippen LogP contribution in [0.15, 0.2) is 27.0 Å². The number of nitrogens with zero attached hydrogens (tertiary/aromatic N) is 2. The number of aliphatic hydroxyl groups is 1. The van der Waals surface area contributed by atoms with Crippen molar-refractivity contribution in [3.8, 4) is 11.5 Å². The zero-order valence-electron chi connectivity index (χ0n) is 23.0. The molecular formula is C27H36N2O7Si. The van der Waals surface area contributed by atoms with Gasteiger partial charge in [0.2, 0.25) is 5.89 Å². The van der Waals surface area contributed by atoms with Gasteiger partial charge in [0.25, 0.3) is 8.32 Å². The zero-order chi connectivity index (χ0) is 27.5. The number of aromatic nitrogens is 2. The van der Waals surface area contributed by atoms with Crippen molar-refractivity contribution in [3.05, 3.63) is 58.5 Å². The lowest BCUT2D eigenvalue weighted by Gasteiger charge is -2.36. The van der Waals surface area contributed by atoms with E-state index in [0.29, 0.717) is 34.6 Å². The zero-order valence-corrected chi connectivity index (χ0v) is 24.0. The van der Waals surface area contributed by atoms with E-state index in [1.54, 1.807) is 27.0 Å². The van der Waals surface area contributed by atoms with E-state index in [9.17, 15) is 9.90 Å². The van der Waals surface area contributed by atoms with E-state index in [2.05, 4.69) is 43.8 Å². The molecule has 0 aliphatic rings. The normalized spacial score (nSPS) is 13.1. The van der Waals surface area contributed by atoms with Crippen molar-refractivity contribution < 1.29 is 32.6 Å². The number of methoxy groups -OCH3 is 2. The van der Waals surface area contributed by atoms with E-state index < -0.39 is 20.4 Å². The molecule has 200 valence electrons. The van der Waals surface area contributed by atoms with E-state index in [-0.39, 0.29) is 23.0 Å². The summed E-state index contributed by atoms with van der Waals surface area (Å²) < 4.78 is 28.0. The number of aryl methyl sites for hydroxylation is 2. The third kappa shape index (κ3) is 6.50. The molecule has 0 amide bonds. The highest BCUT2D eigenvalue weighted by Gasteiger charge is 2.39. The van der Waals surface area contributed by atoms with Crippen LogP contribution in [0.5, 0.6) is 11.5 Å². The van der Waals surface area contributed by atoms with Gasteiger partial charge in [0, 0.05) is 6.08 Å². The second-order valence-electron chi connectivity index (χ2n) is 10.3. The smallest absolute Gasteiger partial charge is 0.360 e. The van der Waals surface area contributed by atoms with Crippen molar-refractivity contribution in [2.24, 2.45) is 0 Å². The molecule has 2 heterocycles. The fraction of sp³-hybridized carbons (Fsp3) is 0.444. The summed E-state index contributed by atoms with van der Waals surface area (Å²) in [7, 11) is 0.833. The quantitative estimate of drug-likeness (QED) is 0.267. The second-order valence-corrected chi connectivity index (χ2v) is 15.0. The summed E-state index contributed by atoms with van der Waals surface area (Å²) in [5.74, 6) is 2.13. The van der Waals surface area contributed by atoms with E-state index in [1.165, 1.54) is 7.11 Å². The van der Waals surface area contributed by atoms with E-state index in [1.807, 2.05) is 24.3 Å². The molecule has 9 nitrogen and oxygen atoms in total. The van der Waals surface area contributed by atoms with Gasteiger partial charge in [-0.2, -0.15) is 0 Å². The van der Waals surface area contributed by atoms with Gasteiger partial charge in [-0.1, -0.05) is 26.8 Å². The van der Waals surface area contributed by atoms with Crippen LogP contribution in [0.25, 0.3) is 12.2 Å². The van der Waals surface area contributed by atoms with Gasteiger partial charge >= 0.3 is 5.97 Å².